The molecule has 116 valence electrons. The molecule has 0 aromatic rings. The number of hydrogen-bond acceptors (Lipinski definition) is 3. The van der Waals surface area contributed by atoms with Crippen LogP contribution < -0.4 is 5.32 Å². The molecule has 20 heavy (non-hydrogen) atoms. The lowest BCUT2D eigenvalue weighted by Gasteiger charge is -2.45. The molecule has 1 heterocycles. The first-order chi connectivity index (χ1) is 9.65. The molecule has 0 aromatic heterocycles. The molecule has 3 aliphatic rings. The third-order valence-electron chi connectivity index (χ3n) is 5.41. The Bertz CT molecular complexity index is 318. The number of rotatable bonds is 5. The van der Waals surface area contributed by atoms with Gasteiger partial charge in [-0.05, 0) is 37.0 Å². The Kier molecular flexibility index (Phi) is 4.99. The normalized spacial score (nSPS) is 39.9. The Labute approximate surface area is 129 Å². The first kappa shape index (κ1) is 15.2. The second-order valence-corrected chi connectivity index (χ2v) is 9.32. The van der Waals surface area contributed by atoms with Gasteiger partial charge in [0, 0.05) is 43.2 Å². The maximum Gasteiger partial charge on any atom is 0.0147 e. The van der Waals surface area contributed by atoms with Crippen molar-refractivity contribution < 1.29 is 0 Å². The third kappa shape index (κ3) is 4.14. The predicted octanol–water partition coefficient (Wildman–Crippen LogP) is 3.37. The van der Waals surface area contributed by atoms with Gasteiger partial charge in [-0.15, -0.1) is 0 Å². The molecule has 2 aliphatic carbocycles. The van der Waals surface area contributed by atoms with Crippen molar-refractivity contribution in [1.82, 2.24) is 10.2 Å². The van der Waals surface area contributed by atoms with Crippen LogP contribution in [-0.4, -0.2) is 48.1 Å². The standard InChI is InChI=1S/C17H32N2S/c1-14-4-3-7-17(10-14,12-18-16-5-6-16)13-19-8-9-20-15(2)11-19/h14-16,18H,3-13H2,1-2H3. The van der Waals surface area contributed by atoms with E-state index in [1.54, 1.807) is 0 Å². The molecular weight excluding hydrogens is 264 g/mol. The summed E-state index contributed by atoms with van der Waals surface area (Å²) >= 11 is 2.15. The minimum atomic E-state index is 0.571. The van der Waals surface area contributed by atoms with Gasteiger partial charge in [0.1, 0.15) is 0 Å². The molecule has 1 aliphatic heterocycles. The lowest BCUT2D eigenvalue weighted by atomic mass is 9.69. The number of hydrogen-bond donors (Lipinski definition) is 1. The van der Waals surface area contributed by atoms with E-state index in [4.69, 9.17) is 0 Å². The highest BCUT2D eigenvalue weighted by molar-refractivity contribution is 7.99. The molecule has 3 fully saturated rings. The van der Waals surface area contributed by atoms with Crippen molar-refractivity contribution in [2.24, 2.45) is 11.3 Å². The highest BCUT2D eigenvalue weighted by Crippen LogP contribution is 2.40. The minimum absolute atomic E-state index is 0.571. The van der Waals surface area contributed by atoms with Gasteiger partial charge in [-0.2, -0.15) is 11.8 Å². The van der Waals surface area contributed by atoms with Crippen LogP contribution in [0.25, 0.3) is 0 Å². The van der Waals surface area contributed by atoms with Gasteiger partial charge in [-0.1, -0.05) is 26.7 Å². The molecule has 0 amide bonds. The predicted molar refractivity (Wildman–Crippen MR) is 89.4 cm³/mol. The van der Waals surface area contributed by atoms with Gasteiger partial charge in [-0.25, -0.2) is 0 Å². The van der Waals surface area contributed by atoms with Crippen molar-refractivity contribution in [3.05, 3.63) is 0 Å². The van der Waals surface area contributed by atoms with Crippen LogP contribution in [0.2, 0.25) is 0 Å². The average Bonchev–Trinajstić information content (AvgIpc) is 3.20. The smallest absolute Gasteiger partial charge is 0.0147 e. The van der Waals surface area contributed by atoms with Crippen molar-refractivity contribution in [2.45, 2.75) is 63.7 Å². The molecule has 2 saturated carbocycles. The van der Waals surface area contributed by atoms with Gasteiger partial charge in [0.25, 0.3) is 0 Å². The van der Waals surface area contributed by atoms with Crippen molar-refractivity contribution in [1.29, 1.82) is 0 Å². The van der Waals surface area contributed by atoms with Crippen LogP contribution in [0.3, 0.4) is 0 Å². The summed E-state index contributed by atoms with van der Waals surface area (Å²) in [4.78, 5) is 2.77. The van der Waals surface area contributed by atoms with Crippen molar-refractivity contribution in [3.8, 4) is 0 Å². The molecule has 1 N–H and O–H groups in total. The summed E-state index contributed by atoms with van der Waals surface area (Å²) in [6.45, 7) is 10.1. The summed E-state index contributed by atoms with van der Waals surface area (Å²) in [6.07, 6.45) is 8.65. The topological polar surface area (TPSA) is 15.3 Å². The van der Waals surface area contributed by atoms with Crippen molar-refractivity contribution >= 4 is 11.8 Å². The zero-order chi connectivity index (χ0) is 14.0. The van der Waals surface area contributed by atoms with E-state index in [2.05, 4.69) is 35.8 Å². The molecular formula is C17H32N2S. The van der Waals surface area contributed by atoms with Gasteiger partial charge >= 0.3 is 0 Å². The van der Waals surface area contributed by atoms with Gasteiger partial charge in [-0.3, -0.25) is 0 Å². The third-order valence-corrected chi connectivity index (χ3v) is 6.55. The molecule has 0 radical (unpaired) electrons. The Morgan fingerprint density at radius 2 is 2.10 bits per heavy atom. The van der Waals surface area contributed by atoms with E-state index in [0.29, 0.717) is 5.41 Å². The van der Waals surface area contributed by atoms with Crippen LogP contribution in [0.15, 0.2) is 0 Å². The SMILES string of the molecule is CC1CCCC(CNC2CC2)(CN2CCSC(C)C2)C1. The molecule has 3 heteroatoms. The van der Waals surface area contributed by atoms with Gasteiger partial charge < -0.3 is 10.2 Å². The second-order valence-electron chi connectivity index (χ2n) is 7.77. The summed E-state index contributed by atoms with van der Waals surface area (Å²) in [7, 11) is 0. The lowest BCUT2D eigenvalue weighted by Crippen LogP contribution is -2.50. The fourth-order valence-electron chi connectivity index (χ4n) is 4.29. The maximum atomic E-state index is 3.86. The Hall–Kier alpha value is 0.270. The molecule has 2 nitrogen and oxygen atoms in total. The number of nitrogens with one attached hydrogen (secondary N) is 1. The molecule has 3 rings (SSSR count). The van der Waals surface area contributed by atoms with Crippen molar-refractivity contribution in [3.63, 3.8) is 0 Å². The van der Waals surface area contributed by atoms with Crippen LogP contribution in [0.5, 0.6) is 0 Å². The summed E-state index contributed by atoms with van der Waals surface area (Å²) in [5.41, 5.74) is 0.571. The molecule has 3 unspecified atom stereocenters. The maximum absolute atomic E-state index is 3.86. The van der Waals surface area contributed by atoms with Crippen LogP contribution in [0.4, 0.5) is 0 Å². The fourth-order valence-corrected chi connectivity index (χ4v) is 5.37. The minimum Gasteiger partial charge on any atom is -0.313 e. The van der Waals surface area contributed by atoms with Gasteiger partial charge in [0.15, 0.2) is 0 Å². The highest BCUT2D eigenvalue weighted by atomic mass is 32.2. The highest BCUT2D eigenvalue weighted by Gasteiger charge is 2.38. The first-order valence-electron chi connectivity index (χ1n) is 8.73. The Balaban J connectivity index is 1.60. The first-order valence-corrected chi connectivity index (χ1v) is 9.77. The number of nitrogens with zero attached hydrogens (tertiary/aromatic N) is 1. The van der Waals surface area contributed by atoms with E-state index < -0.39 is 0 Å². The Morgan fingerprint density at radius 3 is 2.80 bits per heavy atom. The monoisotopic (exact) mass is 296 g/mol. The van der Waals surface area contributed by atoms with E-state index in [0.717, 1.165) is 17.2 Å². The fraction of sp³-hybridized carbons (Fsp3) is 1.00. The summed E-state index contributed by atoms with van der Waals surface area (Å²) in [6, 6.07) is 0.861. The zero-order valence-electron chi connectivity index (χ0n) is 13.4. The van der Waals surface area contributed by atoms with E-state index in [1.807, 2.05) is 0 Å². The summed E-state index contributed by atoms with van der Waals surface area (Å²) < 4.78 is 0. The van der Waals surface area contributed by atoms with Crippen molar-refractivity contribution in [2.75, 3.05) is 31.9 Å². The Morgan fingerprint density at radius 1 is 1.25 bits per heavy atom. The van der Waals surface area contributed by atoms with Crippen LogP contribution in [-0.2, 0) is 0 Å². The van der Waals surface area contributed by atoms with Crippen LogP contribution in [0, 0.1) is 11.3 Å². The molecule has 0 aromatic carbocycles. The van der Waals surface area contributed by atoms with Crippen LogP contribution >= 0.6 is 11.8 Å². The molecule has 1 saturated heterocycles. The van der Waals surface area contributed by atoms with Crippen LogP contribution in [0.1, 0.15) is 52.4 Å². The molecule has 0 bridgehead atoms. The zero-order valence-corrected chi connectivity index (χ0v) is 14.2. The lowest BCUT2D eigenvalue weighted by molar-refractivity contribution is 0.0816. The summed E-state index contributed by atoms with van der Waals surface area (Å²) in [5.74, 6) is 2.27. The van der Waals surface area contributed by atoms with E-state index in [-0.39, 0.29) is 0 Å². The van der Waals surface area contributed by atoms with Gasteiger partial charge in [0.2, 0.25) is 0 Å². The molecule has 3 atom stereocenters. The van der Waals surface area contributed by atoms with E-state index in [9.17, 15) is 0 Å². The summed E-state index contributed by atoms with van der Waals surface area (Å²) in [5, 5.41) is 4.69. The van der Waals surface area contributed by atoms with E-state index in [1.165, 1.54) is 70.5 Å². The largest absolute Gasteiger partial charge is 0.313 e. The molecule has 0 spiro atoms. The quantitative estimate of drug-likeness (QED) is 0.837. The number of thioether (sulfide) groups is 1. The average molecular weight is 297 g/mol. The van der Waals surface area contributed by atoms with Gasteiger partial charge in [0.05, 0.1) is 0 Å². The van der Waals surface area contributed by atoms with E-state index >= 15 is 0 Å². The second kappa shape index (κ2) is 6.58.